The first-order chi connectivity index (χ1) is 19.1. The lowest BCUT2D eigenvalue weighted by Gasteiger charge is -2.37. The van der Waals surface area contributed by atoms with E-state index in [-0.39, 0.29) is 17.6 Å². The second-order valence-electron chi connectivity index (χ2n) is 9.97. The lowest BCUT2D eigenvalue weighted by molar-refractivity contribution is -0.384. The van der Waals surface area contributed by atoms with E-state index in [1.165, 1.54) is 18.6 Å². The molecule has 1 saturated carbocycles. The van der Waals surface area contributed by atoms with Gasteiger partial charge in [0.2, 0.25) is 0 Å². The predicted octanol–water partition coefficient (Wildman–Crippen LogP) is 4.77. The van der Waals surface area contributed by atoms with Gasteiger partial charge in [-0.1, -0.05) is 110 Å². The van der Waals surface area contributed by atoms with Gasteiger partial charge >= 0.3 is 0 Å². The highest BCUT2D eigenvalue weighted by molar-refractivity contribution is 7.07. The molecule has 1 aliphatic carbocycles. The molecule has 1 unspecified atom stereocenters. The molecule has 1 amide bonds. The molecule has 7 heteroatoms. The van der Waals surface area contributed by atoms with Crippen LogP contribution in [-0.4, -0.2) is 25.2 Å². The van der Waals surface area contributed by atoms with Crippen LogP contribution in [-0.2, 0) is 9.22 Å². The molecule has 1 atom stereocenters. The number of nitro groups is 1. The summed E-state index contributed by atoms with van der Waals surface area (Å²) in [6.07, 6.45) is 4.28. The molecule has 4 aromatic rings. The molecule has 0 aromatic heterocycles. The Labute approximate surface area is 229 Å². The van der Waals surface area contributed by atoms with Crippen LogP contribution in [0.3, 0.4) is 0 Å². The molecule has 6 nitrogen and oxygen atoms in total. The summed E-state index contributed by atoms with van der Waals surface area (Å²) in [6.45, 7) is 0. The fourth-order valence-electron chi connectivity index (χ4n) is 5.47. The van der Waals surface area contributed by atoms with Crippen LogP contribution in [0.4, 0.5) is 5.69 Å². The van der Waals surface area contributed by atoms with E-state index in [0.29, 0.717) is 5.56 Å². The van der Waals surface area contributed by atoms with E-state index in [4.69, 9.17) is 4.43 Å². The standard InChI is InChI=1S/C32H32N2O4Si/c35-32(33-26-13-5-1-6-14-26)31(25-21-23-27(24-22-25)34(36)37)38-39(28-15-7-2-8-16-28,29-17-9-3-10-18-29)30-19-11-4-12-20-30/h2-4,7-12,15-24,26,31H,1,5-6,13-14H2,(H,33,35). The smallest absolute Gasteiger partial charge is 0.289 e. The van der Waals surface area contributed by atoms with Gasteiger partial charge in [0.15, 0.2) is 6.10 Å². The van der Waals surface area contributed by atoms with Crippen LogP contribution in [0.2, 0.25) is 0 Å². The quantitative estimate of drug-likeness (QED) is 0.145. The Morgan fingerprint density at radius 2 is 1.21 bits per heavy atom. The Morgan fingerprint density at radius 3 is 1.64 bits per heavy atom. The van der Waals surface area contributed by atoms with Crippen LogP contribution in [0.15, 0.2) is 115 Å². The van der Waals surface area contributed by atoms with Crippen molar-refractivity contribution in [1.29, 1.82) is 0 Å². The number of nitrogens with one attached hydrogen (secondary N) is 1. The highest BCUT2D eigenvalue weighted by atomic mass is 28.4. The number of hydrogen-bond donors (Lipinski definition) is 1. The number of nitrogens with zero attached hydrogens (tertiary/aromatic N) is 1. The summed E-state index contributed by atoms with van der Waals surface area (Å²) >= 11 is 0. The monoisotopic (exact) mass is 536 g/mol. The lowest BCUT2D eigenvalue weighted by atomic mass is 9.95. The molecule has 0 aliphatic heterocycles. The average molecular weight is 537 g/mol. The summed E-state index contributed by atoms with van der Waals surface area (Å²) in [5.41, 5.74) is 0.566. The summed E-state index contributed by atoms with van der Waals surface area (Å²) < 4.78 is 7.24. The minimum absolute atomic E-state index is 0.0251. The van der Waals surface area contributed by atoms with Gasteiger partial charge in [0, 0.05) is 18.2 Å². The van der Waals surface area contributed by atoms with Gasteiger partial charge in [-0.15, -0.1) is 0 Å². The van der Waals surface area contributed by atoms with Crippen LogP contribution < -0.4 is 20.9 Å². The summed E-state index contributed by atoms with van der Waals surface area (Å²) in [6, 6.07) is 36.6. The predicted molar refractivity (Wildman–Crippen MR) is 156 cm³/mol. The summed E-state index contributed by atoms with van der Waals surface area (Å²) in [5, 5.41) is 17.7. The highest BCUT2D eigenvalue weighted by Gasteiger charge is 2.45. The average Bonchev–Trinajstić information content (AvgIpc) is 3.00. The van der Waals surface area contributed by atoms with Crippen LogP contribution in [0.25, 0.3) is 0 Å². The van der Waals surface area contributed by atoms with E-state index < -0.39 is 19.3 Å². The first-order valence-electron chi connectivity index (χ1n) is 13.5. The van der Waals surface area contributed by atoms with Gasteiger partial charge in [-0.3, -0.25) is 14.9 Å². The molecule has 1 N–H and O–H groups in total. The largest absolute Gasteiger partial charge is 0.388 e. The van der Waals surface area contributed by atoms with Gasteiger partial charge in [-0.25, -0.2) is 0 Å². The van der Waals surface area contributed by atoms with Crippen molar-refractivity contribution in [3.8, 4) is 0 Å². The Kier molecular flexibility index (Phi) is 8.29. The maximum atomic E-state index is 14.1. The Hall–Kier alpha value is -4.07. The maximum Gasteiger partial charge on any atom is 0.289 e. The van der Waals surface area contributed by atoms with Crippen LogP contribution >= 0.6 is 0 Å². The van der Waals surface area contributed by atoms with E-state index in [1.807, 2.05) is 54.6 Å². The maximum absolute atomic E-state index is 14.1. The third-order valence-electron chi connectivity index (χ3n) is 7.43. The zero-order valence-electron chi connectivity index (χ0n) is 21.7. The van der Waals surface area contributed by atoms with Crippen molar-refractivity contribution < 1.29 is 14.1 Å². The molecule has 5 rings (SSSR count). The first-order valence-corrected chi connectivity index (χ1v) is 15.4. The van der Waals surface area contributed by atoms with E-state index in [2.05, 4.69) is 41.7 Å². The van der Waals surface area contributed by atoms with E-state index in [1.54, 1.807) is 12.1 Å². The molecule has 39 heavy (non-hydrogen) atoms. The van der Waals surface area contributed by atoms with Crippen molar-refractivity contribution in [3.63, 3.8) is 0 Å². The van der Waals surface area contributed by atoms with Crippen molar-refractivity contribution >= 4 is 35.5 Å². The van der Waals surface area contributed by atoms with Gasteiger partial charge in [-0.2, -0.15) is 0 Å². The van der Waals surface area contributed by atoms with Crippen LogP contribution in [0.1, 0.15) is 43.8 Å². The SMILES string of the molecule is O=C(NC1CCCCC1)C(O[Si](c1ccccc1)(c1ccccc1)c1ccccc1)c1ccc([N+](=O)[O-])cc1. The number of benzene rings is 4. The molecule has 0 bridgehead atoms. The Balaban J connectivity index is 1.66. The van der Waals surface area contributed by atoms with Gasteiger partial charge in [0.05, 0.1) is 4.92 Å². The molecule has 198 valence electrons. The fraction of sp³-hybridized carbons (Fsp3) is 0.219. The second kappa shape index (κ2) is 12.2. The van der Waals surface area contributed by atoms with Crippen molar-refractivity contribution in [2.75, 3.05) is 0 Å². The topological polar surface area (TPSA) is 81.5 Å². The Morgan fingerprint density at radius 1 is 0.744 bits per heavy atom. The fourth-order valence-corrected chi connectivity index (χ4v) is 9.46. The first kappa shape index (κ1) is 26.5. The summed E-state index contributed by atoms with van der Waals surface area (Å²) in [4.78, 5) is 25.0. The van der Waals surface area contributed by atoms with E-state index >= 15 is 0 Å². The number of amides is 1. The lowest BCUT2D eigenvalue weighted by Crippen LogP contribution is -2.70. The number of carbonyl (C=O) groups excluding carboxylic acids is 1. The normalized spacial score (nSPS) is 14.9. The highest BCUT2D eigenvalue weighted by Crippen LogP contribution is 2.27. The van der Waals surface area contributed by atoms with Crippen LogP contribution in [0, 0.1) is 10.1 Å². The number of non-ortho nitro benzene ring substituents is 1. The molecule has 0 saturated heterocycles. The van der Waals surface area contributed by atoms with Crippen LogP contribution in [0.5, 0.6) is 0 Å². The third kappa shape index (κ3) is 5.84. The van der Waals surface area contributed by atoms with Gasteiger partial charge in [0.1, 0.15) is 0 Å². The molecular formula is C32H32N2O4Si. The number of rotatable bonds is 9. The summed E-state index contributed by atoms with van der Waals surface area (Å²) in [7, 11) is -3.23. The number of nitro benzene ring substituents is 1. The van der Waals surface area contributed by atoms with E-state index in [0.717, 1.165) is 41.2 Å². The molecule has 1 fully saturated rings. The minimum Gasteiger partial charge on any atom is -0.388 e. The number of carbonyl (C=O) groups is 1. The zero-order chi connectivity index (χ0) is 27.1. The van der Waals surface area contributed by atoms with E-state index in [9.17, 15) is 14.9 Å². The molecule has 1 aliphatic rings. The van der Waals surface area contributed by atoms with Crippen molar-refractivity contribution in [2.24, 2.45) is 0 Å². The van der Waals surface area contributed by atoms with Crippen molar-refractivity contribution in [3.05, 3.63) is 131 Å². The minimum atomic E-state index is -3.23. The molecule has 0 heterocycles. The van der Waals surface area contributed by atoms with Gasteiger partial charge in [-0.05, 0) is 46.1 Å². The molecular weight excluding hydrogens is 504 g/mol. The van der Waals surface area contributed by atoms with Gasteiger partial charge in [0.25, 0.3) is 19.9 Å². The van der Waals surface area contributed by atoms with Crippen molar-refractivity contribution in [2.45, 2.75) is 44.2 Å². The second-order valence-corrected chi connectivity index (χ2v) is 13.3. The molecule has 0 radical (unpaired) electrons. The molecule has 4 aromatic carbocycles. The van der Waals surface area contributed by atoms with Crippen molar-refractivity contribution in [1.82, 2.24) is 5.32 Å². The number of hydrogen-bond acceptors (Lipinski definition) is 4. The summed E-state index contributed by atoms with van der Waals surface area (Å²) in [5.74, 6) is -0.213. The molecule has 0 spiro atoms. The Bertz CT molecular complexity index is 1280. The zero-order valence-corrected chi connectivity index (χ0v) is 22.7. The van der Waals surface area contributed by atoms with Gasteiger partial charge < -0.3 is 9.74 Å². The third-order valence-corrected chi connectivity index (χ3v) is 11.5.